The number of allylic oxidation sites excluding steroid dienone is 3. The molecule has 9 heavy (non-hydrogen) atoms. The molecule has 1 heterocycles. The second-order valence-electron chi connectivity index (χ2n) is 1.71. The minimum atomic E-state index is 0.100. The molecule has 1 aliphatic heterocycles. The van der Waals surface area contributed by atoms with E-state index >= 15 is 0 Å². The summed E-state index contributed by atoms with van der Waals surface area (Å²) in [5, 5.41) is 0. The first-order valence-electron chi connectivity index (χ1n) is 2.77. The van der Waals surface area contributed by atoms with Gasteiger partial charge in [0.1, 0.15) is 0 Å². The first-order chi connectivity index (χ1) is 4.39. The lowest BCUT2D eigenvalue weighted by molar-refractivity contribution is -0.113. The van der Waals surface area contributed by atoms with Gasteiger partial charge in [-0.3, -0.25) is 9.79 Å². The largest absolute Gasteiger partial charge is 0.294 e. The van der Waals surface area contributed by atoms with Crippen LogP contribution in [0.25, 0.3) is 0 Å². The van der Waals surface area contributed by atoms with Gasteiger partial charge in [0.2, 0.25) is 0 Å². The van der Waals surface area contributed by atoms with Crippen LogP contribution in [0.1, 0.15) is 6.42 Å². The van der Waals surface area contributed by atoms with Crippen molar-refractivity contribution in [2.75, 3.05) is 0 Å². The van der Waals surface area contributed by atoms with Crippen LogP contribution in [-0.2, 0) is 4.79 Å². The molecule has 46 valence electrons. The zero-order valence-corrected chi connectivity index (χ0v) is 4.95. The summed E-state index contributed by atoms with van der Waals surface area (Å²) in [5.74, 6) is 0.100. The summed E-state index contributed by atoms with van der Waals surface area (Å²) in [6.07, 6.45) is 8.67. The van der Waals surface area contributed by atoms with Crippen LogP contribution in [0.4, 0.5) is 0 Å². The Labute approximate surface area is 53.6 Å². The minimum Gasteiger partial charge on any atom is -0.294 e. The molecule has 1 aliphatic rings. The number of hydrogen-bond acceptors (Lipinski definition) is 2. The second-order valence-corrected chi connectivity index (χ2v) is 1.71. The fourth-order valence-electron chi connectivity index (χ4n) is 0.539. The number of aliphatic imine (C=N–C) groups is 1. The summed E-state index contributed by atoms with van der Waals surface area (Å²) in [4.78, 5) is 14.4. The van der Waals surface area contributed by atoms with Crippen LogP contribution in [0, 0.1) is 0 Å². The van der Waals surface area contributed by atoms with Crippen molar-refractivity contribution in [1.29, 1.82) is 0 Å². The van der Waals surface area contributed by atoms with Gasteiger partial charge in [0.15, 0.2) is 5.78 Å². The van der Waals surface area contributed by atoms with Gasteiger partial charge < -0.3 is 0 Å². The summed E-state index contributed by atoms with van der Waals surface area (Å²) in [6.45, 7) is 0. The summed E-state index contributed by atoms with van der Waals surface area (Å²) < 4.78 is 0. The van der Waals surface area contributed by atoms with E-state index in [1.807, 2.05) is 0 Å². The van der Waals surface area contributed by atoms with Crippen molar-refractivity contribution >= 4 is 12.0 Å². The zero-order valence-electron chi connectivity index (χ0n) is 4.95. The molecule has 0 saturated heterocycles. The zero-order chi connectivity index (χ0) is 6.53. The van der Waals surface area contributed by atoms with Crippen molar-refractivity contribution in [1.82, 2.24) is 0 Å². The van der Waals surface area contributed by atoms with Gasteiger partial charge in [-0.2, -0.15) is 0 Å². The van der Waals surface area contributed by atoms with Gasteiger partial charge >= 0.3 is 0 Å². The predicted octanol–water partition coefficient (Wildman–Crippen LogP) is 1.10. The Morgan fingerprint density at radius 3 is 3.33 bits per heavy atom. The van der Waals surface area contributed by atoms with Crippen molar-refractivity contribution in [2.45, 2.75) is 6.42 Å². The quantitative estimate of drug-likeness (QED) is 0.472. The molecule has 0 spiro atoms. The lowest BCUT2D eigenvalue weighted by atomic mass is 10.2. The van der Waals surface area contributed by atoms with E-state index in [1.54, 1.807) is 18.4 Å². The third-order valence-electron chi connectivity index (χ3n) is 0.974. The van der Waals surface area contributed by atoms with Crippen molar-refractivity contribution < 1.29 is 4.79 Å². The minimum absolute atomic E-state index is 0.100. The predicted molar refractivity (Wildman–Crippen MR) is 36.4 cm³/mol. The van der Waals surface area contributed by atoms with Gasteiger partial charge in [0.25, 0.3) is 0 Å². The van der Waals surface area contributed by atoms with Gasteiger partial charge in [-0.15, -0.1) is 0 Å². The standard InChI is InChI=1S/C7H7NO/c9-7-3-1-2-5-8-6-4-7/h1-2,4-6H,3H2. The van der Waals surface area contributed by atoms with Crippen LogP contribution in [0.15, 0.2) is 29.4 Å². The summed E-state index contributed by atoms with van der Waals surface area (Å²) in [5.41, 5.74) is 0. The molecule has 0 bridgehead atoms. The van der Waals surface area contributed by atoms with E-state index in [-0.39, 0.29) is 5.78 Å². The molecule has 0 saturated carbocycles. The van der Waals surface area contributed by atoms with Crippen LogP contribution >= 0.6 is 0 Å². The van der Waals surface area contributed by atoms with Gasteiger partial charge in [0, 0.05) is 18.8 Å². The Bertz CT molecular complexity index is 189. The summed E-state index contributed by atoms with van der Waals surface area (Å²) in [7, 11) is 0. The highest BCUT2D eigenvalue weighted by atomic mass is 16.1. The van der Waals surface area contributed by atoms with Gasteiger partial charge in [0.05, 0.1) is 0 Å². The topological polar surface area (TPSA) is 29.4 Å². The Hall–Kier alpha value is -1.18. The maximum absolute atomic E-state index is 10.6. The number of nitrogens with zero attached hydrogens (tertiary/aromatic N) is 1. The van der Waals surface area contributed by atoms with E-state index in [9.17, 15) is 4.79 Å². The Kier molecular flexibility index (Phi) is 1.96. The molecule has 0 N–H and O–H groups in total. The highest BCUT2D eigenvalue weighted by molar-refractivity contribution is 5.92. The second kappa shape index (κ2) is 2.97. The van der Waals surface area contributed by atoms with Crippen LogP contribution in [0.3, 0.4) is 0 Å². The summed E-state index contributed by atoms with van der Waals surface area (Å²) in [6, 6.07) is 0. The number of ketones is 1. The molecule has 0 aromatic carbocycles. The average Bonchev–Trinajstić information content (AvgIpc) is 1.79. The van der Waals surface area contributed by atoms with Crippen molar-refractivity contribution in [3.63, 3.8) is 0 Å². The third kappa shape index (κ3) is 2.04. The SMILES string of the molecule is O=C1C=CN=CC=CC1. The maximum Gasteiger partial charge on any atom is 0.160 e. The number of rotatable bonds is 0. The van der Waals surface area contributed by atoms with Crippen LogP contribution in [0.5, 0.6) is 0 Å². The van der Waals surface area contributed by atoms with E-state index in [2.05, 4.69) is 4.99 Å². The molecular formula is C7H7NO. The lowest BCUT2D eigenvalue weighted by Crippen LogP contribution is -1.89. The van der Waals surface area contributed by atoms with Crippen LogP contribution in [0.2, 0.25) is 0 Å². The fourth-order valence-corrected chi connectivity index (χ4v) is 0.539. The molecule has 0 unspecified atom stereocenters. The molecule has 2 heteroatoms. The maximum atomic E-state index is 10.6. The molecule has 0 atom stereocenters. The molecule has 0 aliphatic carbocycles. The van der Waals surface area contributed by atoms with Gasteiger partial charge in [-0.25, -0.2) is 0 Å². The van der Waals surface area contributed by atoms with E-state index in [1.165, 1.54) is 12.3 Å². The highest BCUT2D eigenvalue weighted by Gasteiger charge is 1.90. The molecule has 0 radical (unpaired) electrons. The van der Waals surface area contributed by atoms with Crippen LogP contribution < -0.4 is 0 Å². The highest BCUT2D eigenvalue weighted by Crippen LogP contribution is 1.90. The Morgan fingerprint density at radius 1 is 1.56 bits per heavy atom. The van der Waals surface area contributed by atoms with E-state index in [0.29, 0.717) is 6.42 Å². The number of carbonyl (C=O) groups is 1. The number of hydrogen-bond donors (Lipinski definition) is 0. The van der Waals surface area contributed by atoms with Crippen molar-refractivity contribution in [2.24, 2.45) is 4.99 Å². The normalized spacial score (nSPS) is 17.6. The average molecular weight is 121 g/mol. The van der Waals surface area contributed by atoms with E-state index < -0.39 is 0 Å². The third-order valence-corrected chi connectivity index (χ3v) is 0.974. The molecule has 2 nitrogen and oxygen atoms in total. The van der Waals surface area contributed by atoms with E-state index in [4.69, 9.17) is 0 Å². The van der Waals surface area contributed by atoms with Crippen molar-refractivity contribution in [3.8, 4) is 0 Å². The molecule has 0 amide bonds. The number of carbonyl (C=O) groups excluding carboxylic acids is 1. The Morgan fingerprint density at radius 2 is 2.44 bits per heavy atom. The van der Waals surface area contributed by atoms with Gasteiger partial charge in [-0.1, -0.05) is 6.08 Å². The molecule has 0 fully saturated rings. The fraction of sp³-hybridized carbons (Fsp3) is 0.143. The molecular weight excluding hydrogens is 114 g/mol. The van der Waals surface area contributed by atoms with Crippen molar-refractivity contribution in [3.05, 3.63) is 24.4 Å². The Balaban J connectivity index is 2.70. The molecule has 1 rings (SSSR count). The molecule has 0 aromatic heterocycles. The van der Waals surface area contributed by atoms with Gasteiger partial charge in [-0.05, 0) is 12.2 Å². The van der Waals surface area contributed by atoms with Crippen LogP contribution in [-0.4, -0.2) is 12.0 Å². The molecule has 0 aromatic rings. The smallest absolute Gasteiger partial charge is 0.160 e. The van der Waals surface area contributed by atoms with E-state index in [0.717, 1.165) is 0 Å². The monoisotopic (exact) mass is 121 g/mol. The first kappa shape index (κ1) is 5.95. The lowest BCUT2D eigenvalue weighted by Gasteiger charge is -1.86. The summed E-state index contributed by atoms with van der Waals surface area (Å²) >= 11 is 0. The first-order valence-corrected chi connectivity index (χ1v) is 2.77.